The van der Waals surface area contributed by atoms with Crippen LogP contribution in [0.15, 0.2) is 30.6 Å². The molecule has 2 aromatic rings. The molecule has 0 aliphatic carbocycles. The summed E-state index contributed by atoms with van der Waals surface area (Å²) in [5.41, 5.74) is 15.3. The maximum atomic E-state index is 13.0. The quantitative estimate of drug-likeness (QED) is 0.708. The maximum Gasteiger partial charge on any atom is 0.276 e. The fraction of sp³-hybridized carbons (Fsp3) is 0.476. The normalized spacial score (nSPS) is 17.0. The first-order chi connectivity index (χ1) is 13.5. The van der Waals surface area contributed by atoms with Crippen LogP contribution in [-0.4, -0.2) is 35.0 Å². The summed E-state index contributed by atoms with van der Waals surface area (Å²) in [6.45, 7) is 5.91. The molecule has 3 rings (SSSR count). The largest absolute Gasteiger partial charge is 0.397 e. The van der Waals surface area contributed by atoms with E-state index in [1.165, 1.54) is 0 Å². The summed E-state index contributed by atoms with van der Waals surface area (Å²) >= 11 is 0. The fourth-order valence-corrected chi connectivity index (χ4v) is 3.77. The Balaban J connectivity index is 1.85. The maximum absolute atomic E-state index is 13.0. The molecular formula is C21H30N6O. The first-order valence-electron chi connectivity index (χ1n) is 10.1. The first-order valence-corrected chi connectivity index (χ1v) is 10.1. The van der Waals surface area contributed by atoms with Gasteiger partial charge in [-0.3, -0.25) is 9.78 Å². The number of carbonyl (C=O) groups is 1. The first kappa shape index (κ1) is 20.1. The van der Waals surface area contributed by atoms with E-state index in [1.54, 1.807) is 18.5 Å². The SMILES string of the molecule is CCC(CC)c1ccc(N)c(C(=O)Nc2cnccc2N2CCCC(N)C2)n1. The molecular weight excluding hydrogens is 352 g/mol. The number of nitrogen functional groups attached to an aromatic ring is 1. The lowest BCUT2D eigenvalue weighted by atomic mass is 9.98. The number of rotatable bonds is 6. The van der Waals surface area contributed by atoms with Gasteiger partial charge in [0.05, 0.1) is 23.3 Å². The average Bonchev–Trinajstić information content (AvgIpc) is 2.70. The minimum Gasteiger partial charge on any atom is -0.397 e. The van der Waals surface area contributed by atoms with E-state index < -0.39 is 0 Å². The highest BCUT2D eigenvalue weighted by molar-refractivity contribution is 6.07. The minimum atomic E-state index is -0.319. The molecule has 0 spiro atoms. The Kier molecular flexibility index (Phi) is 6.46. The van der Waals surface area contributed by atoms with Gasteiger partial charge in [-0.1, -0.05) is 13.8 Å². The van der Waals surface area contributed by atoms with Crippen LogP contribution in [0.3, 0.4) is 0 Å². The molecule has 150 valence electrons. The van der Waals surface area contributed by atoms with Gasteiger partial charge in [0.15, 0.2) is 5.69 Å². The van der Waals surface area contributed by atoms with Gasteiger partial charge in [0.1, 0.15) is 0 Å². The molecule has 0 aromatic carbocycles. The molecule has 0 saturated carbocycles. The molecule has 1 amide bonds. The van der Waals surface area contributed by atoms with Crippen molar-refractivity contribution in [1.82, 2.24) is 9.97 Å². The molecule has 1 aliphatic heterocycles. The predicted octanol–water partition coefficient (Wildman–Crippen LogP) is 3.14. The fourth-order valence-electron chi connectivity index (χ4n) is 3.77. The zero-order chi connectivity index (χ0) is 20.1. The van der Waals surface area contributed by atoms with Crippen LogP contribution in [0.25, 0.3) is 0 Å². The number of carbonyl (C=O) groups excluding carboxylic acids is 1. The Labute approximate surface area is 166 Å². The number of piperidine rings is 1. The van der Waals surface area contributed by atoms with Crippen molar-refractivity contribution in [2.75, 3.05) is 29.0 Å². The van der Waals surface area contributed by atoms with Gasteiger partial charge in [0.2, 0.25) is 0 Å². The second-order valence-corrected chi connectivity index (χ2v) is 7.38. The number of aromatic nitrogens is 2. The molecule has 5 N–H and O–H groups in total. The Morgan fingerprint density at radius 1 is 1.32 bits per heavy atom. The van der Waals surface area contributed by atoms with Gasteiger partial charge in [-0.15, -0.1) is 0 Å². The Hall–Kier alpha value is -2.67. The van der Waals surface area contributed by atoms with E-state index in [9.17, 15) is 4.79 Å². The van der Waals surface area contributed by atoms with Crippen LogP contribution in [0.1, 0.15) is 61.6 Å². The number of hydrogen-bond donors (Lipinski definition) is 3. The van der Waals surface area contributed by atoms with Gasteiger partial charge in [-0.05, 0) is 43.9 Å². The molecule has 3 heterocycles. The number of nitrogens with zero attached hydrogens (tertiary/aromatic N) is 3. The Bertz CT molecular complexity index is 820. The van der Waals surface area contributed by atoms with Crippen molar-refractivity contribution in [2.45, 2.75) is 51.5 Å². The second kappa shape index (κ2) is 9.01. The summed E-state index contributed by atoms with van der Waals surface area (Å²) in [5.74, 6) is -0.00296. The molecule has 7 nitrogen and oxygen atoms in total. The Morgan fingerprint density at radius 3 is 2.82 bits per heavy atom. The lowest BCUT2D eigenvalue weighted by Gasteiger charge is -2.33. The average molecular weight is 383 g/mol. The number of anilines is 3. The highest BCUT2D eigenvalue weighted by atomic mass is 16.1. The molecule has 0 bridgehead atoms. The third-order valence-corrected chi connectivity index (χ3v) is 5.41. The van der Waals surface area contributed by atoms with Gasteiger partial charge in [-0.25, -0.2) is 4.98 Å². The molecule has 1 unspecified atom stereocenters. The van der Waals surface area contributed by atoms with Crippen molar-refractivity contribution in [3.8, 4) is 0 Å². The second-order valence-electron chi connectivity index (χ2n) is 7.38. The van der Waals surface area contributed by atoms with Crippen molar-refractivity contribution < 1.29 is 4.79 Å². The van der Waals surface area contributed by atoms with E-state index in [2.05, 4.69) is 34.0 Å². The van der Waals surface area contributed by atoms with Gasteiger partial charge in [0, 0.05) is 36.9 Å². The van der Waals surface area contributed by atoms with Crippen LogP contribution < -0.4 is 21.7 Å². The molecule has 1 atom stereocenters. The van der Waals surface area contributed by atoms with Crippen molar-refractivity contribution in [2.24, 2.45) is 5.73 Å². The number of amides is 1. The highest BCUT2D eigenvalue weighted by Gasteiger charge is 2.22. The number of pyridine rings is 2. The zero-order valence-electron chi connectivity index (χ0n) is 16.7. The van der Waals surface area contributed by atoms with E-state index in [0.717, 1.165) is 50.2 Å². The number of nitrogens with one attached hydrogen (secondary N) is 1. The summed E-state index contributed by atoms with van der Waals surface area (Å²) in [6.07, 6.45) is 7.38. The monoisotopic (exact) mass is 382 g/mol. The summed E-state index contributed by atoms with van der Waals surface area (Å²) in [5, 5.41) is 2.96. The predicted molar refractivity (Wildman–Crippen MR) is 114 cm³/mol. The Morgan fingerprint density at radius 2 is 2.11 bits per heavy atom. The van der Waals surface area contributed by atoms with Gasteiger partial charge < -0.3 is 21.7 Å². The summed E-state index contributed by atoms with van der Waals surface area (Å²) < 4.78 is 0. The smallest absolute Gasteiger partial charge is 0.276 e. The molecule has 1 fully saturated rings. The molecule has 7 heteroatoms. The molecule has 1 saturated heterocycles. The molecule has 0 radical (unpaired) electrons. The van der Waals surface area contributed by atoms with Crippen molar-refractivity contribution in [3.63, 3.8) is 0 Å². The van der Waals surface area contributed by atoms with Crippen LogP contribution in [0.5, 0.6) is 0 Å². The number of nitrogens with two attached hydrogens (primary N) is 2. The van der Waals surface area contributed by atoms with Crippen molar-refractivity contribution >= 4 is 23.0 Å². The summed E-state index contributed by atoms with van der Waals surface area (Å²) in [7, 11) is 0. The van der Waals surface area contributed by atoms with Crippen LogP contribution in [-0.2, 0) is 0 Å². The minimum absolute atomic E-state index is 0.138. The topological polar surface area (TPSA) is 110 Å². The van der Waals surface area contributed by atoms with E-state index in [1.807, 2.05) is 12.1 Å². The molecule has 28 heavy (non-hydrogen) atoms. The van der Waals surface area contributed by atoms with Crippen molar-refractivity contribution in [1.29, 1.82) is 0 Å². The lowest BCUT2D eigenvalue weighted by molar-refractivity contribution is 0.102. The zero-order valence-corrected chi connectivity index (χ0v) is 16.7. The van der Waals surface area contributed by atoms with Crippen LogP contribution >= 0.6 is 0 Å². The number of hydrogen-bond acceptors (Lipinski definition) is 6. The van der Waals surface area contributed by atoms with Crippen LogP contribution in [0, 0.1) is 0 Å². The van der Waals surface area contributed by atoms with E-state index in [0.29, 0.717) is 17.3 Å². The highest BCUT2D eigenvalue weighted by Crippen LogP contribution is 2.28. The third-order valence-electron chi connectivity index (χ3n) is 5.41. The van der Waals surface area contributed by atoms with Crippen LogP contribution in [0.2, 0.25) is 0 Å². The molecule has 1 aliphatic rings. The van der Waals surface area contributed by atoms with Crippen molar-refractivity contribution in [3.05, 3.63) is 42.0 Å². The van der Waals surface area contributed by atoms with Gasteiger partial charge in [0.25, 0.3) is 5.91 Å². The van der Waals surface area contributed by atoms with Crippen LogP contribution in [0.4, 0.5) is 17.1 Å². The van der Waals surface area contributed by atoms with E-state index in [-0.39, 0.29) is 17.6 Å². The lowest BCUT2D eigenvalue weighted by Crippen LogP contribution is -2.43. The third kappa shape index (κ3) is 4.42. The van der Waals surface area contributed by atoms with Gasteiger partial charge in [-0.2, -0.15) is 0 Å². The molecule has 2 aromatic heterocycles. The summed E-state index contributed by atoms with van der Waals surface area (Å²) in [4.78, 5) is 23.9. The summed E-state index contributed by atoms with van der Waals surface area (Å²) in [6, 6.07) is 5.72. The van der Waals surface area contributed by atoms with E-state index in [4.69, 9.17) is 11.5 Å². The van der Waals surface area contributed by atoms with E-state index >= 15 is 0 Å². The van der Waals surface area contributed by atoms with Gasteiger partial charge >= 0.3 is 0 Å². The standard InChI is InChI=1S/C21H30N6O/c1-3-14(4-2)17-8-7-16(23)20(25-17)21(28)26-18-12-24-10-9-19(18)27-11-5-6-15(22)13-27/h7-10,12,14-15H,3-6,11,13,22-23H2,1-2H3,(H,26,28).